The smallest absolute Gasteiger partial charge is 0.189 e. The second kappa shape index (κ2) is 6.40. The summed E-state index contributed by atoms with van der Waals surface area (Å²) in [5.74, 6) is 1.74. The van der Waals surface area contributed by atoms with Crippen molar-refractivity contribution in [1.29, 1.82) is 0 Å². The topological polar surface area (TPSA) is 44.8 Å². The minimum absolute atomic E-state index is 0.154. The molecule has 0 spiro atoms. The lowest BCUT2D eigenvalue weighted by atomic mass is 10.2. The van der Waals surface area contributed by atoms with Crippen LogP contribution in [-0.4, -0.2) is 26.3 Å². The largest absolute Gasteiger partial charge is 0.490 e. The minimum atomic E-state index is 0.154. The molecule has 0 aliphatic heterocycles. The van der Waals surface area contributed by atoms with Crippen LogP contribution in [0.25, 0.3) is 0 Å². The van der Waals surface area contributed by atoms with Crippen LogP contribution in [0.4, 0.5) is 0 Å². The zero-order valence-electron chi connectivity index (χ0n) is 10.6. The van der Waals surface area contributed by atoms with Crippen LogP contribution in [0.3, 0.4) is 0 Å². The van der Waals surface area contributed by atoms with Gasteiger partial charge in [0.15, 0.2) is 24.6 Å². The maximum absolute atomic E-state index is 11.0. The maximum Gasteiger partial charge on any atom is 0.189 e. The van der Waals surface area contributed by atoms with Crippen molar-refractivity contribution in [2.24, 2.45) is 5.92 Å². The van der Waals surface area contributed by atoms with Crippen molar-refractivity contribution in [2.45, 2.75) is 19.8 Å². The summed E-state index contributed by atoms with van der Waals surface area (Å²) in [7, 11) is 0. The molecule has 0 N–H and O–H groups in total. The maximum atomic E-state index is 11.0. The van der Waals surface area contributed by atoms with Gasteiger partial charge in [0.1, 0.15) is 0 Å². The average molecular weight is 250 g/mol. The summed E-state index contributed by atoms with van der Waals surface area (Å²) >= 11 is 0. The van der Waals surface area contributed by atoms with Gasteiger partial charge in [-0.15, -0.1) is 0 Å². The lowest BCUT2D eigenvalue weighted by Gasteiger charge is -2.13. The Hall–Kier alpha value is -1.55. The molecule has 0 saturated heterocycles. The van der Waals surface area contributed by atoms with E-state index in [4.69, 9.17) is 14.2 Å². The highest BCUT2D eigenvalue weighted by Crippen LogP contribution is 2.31. The van der Waals surface area contributed by atoms with E-state index in [-0.39, 0.29) is 6.79 Å². The molecule has 0 heterocycles. The van der Waals surface area contributed by atoms with Crippen molar-refractivity contribution in [1.82, 2.24) is 0 Å². The molecule has 4 nitrogen and oxygen atoms in total. The minimum Gasteiger partial charge on any atom is -0.490 e. The molecule has 1 aromatic carbocycles. The fourth-order valence-electron chi connectivity index (χ4n) is 1.65. The second-order valence-electron chi connectivity index (χ2n) is 4.30. The van der Waals surface area contributed by atoms with E-state index in [2.05, 4.69) is 0 Å². The number of hydrogen-bond acceptors (Lipinski definition) is 4. The number of rotatable bonds is 8. The van der Waals surface area contributed by atoms with Gasteiger partial charge < -0.3 is 14.2 Å². The molecule has 0 bridgehead atoms. The first-order chi connectivity index (χ1) is 8.85. The predicted octanol–water partition coefficient (Wildman–Crippen LogP) is 2.66. The van der Waals surface area contributed by atoms with Crippen LogP contribution >= 0.6 is 0 Å². The molecule has 0 unspecified atom stereocenters. The van der Waals surface area contributed by atoms with Gasteiger partial charge >= 0.3 is 0 Å². The predicted molar refractivity (Wildman–Crippen MR) is 67.2 cm³/mol. The monoisotopic (exact) mass is 250 g/mol. The van der Waals surface area contributed by atoms with Crippen molar-refractivity contribution in [2.75, 3.05) is 20.0 Å². The highest BCUT2D eigenvalue weighted by molar-refractivity contribution is 5.81. The van der Waals surface area contributed by atoms with Gasteiger partial charge in [-0.25, -0.2) is 0 Å². The molecule has 1 saturated carbocycles. The molecule has 0 amide bonds. The molecule has 1 fully saturated rings. The van der Waals surface area contributed by atoms with Crippen LogP contribution < -0.4 is 9.47 Å². The van der Waals surface area contributed by atoms with Gasteiger partial charge in [-0.3, -0.25) is 4.79 Å². The summed E-state index contributed by atoms with van der Waals surface area (Å²) in [5, 5.41) is 0. The van der Waals surface area contributed by atoms with E-state index >= 15 is 0 Å². The molecule has 2 rings (SSSR count). The number of benzene rings is 1. The highest BCUT2D eigenvalue weighted by atomic mass is 16.7. The Morgan fingerprint density at radius 1 is 1.33 bits per heavy atom. The average Bonchev–Trinajstić information content (AvgIpc) is 3.20. The fourth-order valence-corrected chi connectivity index (χ4v) is 1.65. The van der Waals surface area contributed by atoms with Gasteiger partial charge in [0.2, 0.25) is 0 Å². The Labute approximate surface area is 107 Å². The molecular weight excluding hydrogens is 232 g/mol. The zero-order chi connectivity index (χ0) is 12.8. The Morgan fingerprint density at radius 3 is 2.83 bits per heavy atom. The van der Waals surface area contributed by atoms with Gasteiger partial charge in [-0.1, -0.05) is 6.07 Å². The standard InChI is InChI=1S/C14H18O4/c1-2-17-13-5-3-4-12(8-15)14(13)18-10-16-9-11-6-7-11/h3-5,8,11H,2,6-7,9-10H2,1H3. The lowest BCUT2D eigenvalue weighted by molar-refractivity contribution is 0.00810. The van der Waals surface area contributed by atoms with Crippen molar-refractivity contribution in [3.8, 4) is 11.5 Å². The van der Waals surface area contributed by atoms with E-state index in [1.807, 2.05) is 6.92 Å². The van der Waals surface area contributed by atoms with Gasteiger partial charge in [-0.05, 0) is 37.8 Å². The molecule has 4 heteroatoms. The number of hydrogen-bond donors (Lipinski definition) is 0. The normalized spacial score (nSPS) is 14.3. The van der Waals surface area contributed by atoms with Crippen LogP contribution in [0.2, 0.25) is 0 Å². The van der Waals surface area contributed by atoms with Gasteiger partial charge in [0, 0.05) is 0 Å². The molecule has 18 heavy (non-hydrogen) atoms. The van der Waals surface area contributed by atoms with Crippen LogP contribution in [-0.2, 0) is 4.74 Å². The fraction of sp³-hybridized carbons (Fsp3) is 0.500. The van der Waals surface area contributed by atoms with Crippen LogP contribution in [0.1, 0.15) is 30.1 Å². The number of para-hydroxylation sites is 1. The quantitative estimate of drug-likeness (QED) is 0.404. The molecule has 1 aliphatic rings. The SMILES string of the molecule is CCOc1cccc(C=O)c1OCOCC1CC1. The number of carbonyl (C=O) groups excluding carboxylic acids is 1. The van der Waals surface area contributed by atoms with Crippen molar-refractivity contribution in [3.63, 3.8) is 0 Å². The molecular formula is C14H18O4. The van der Waals surface area contributed by atoms with E-state index in [1.165, 1.54) is 12.8 Å². The third kappa shape index (κ3) is 3.47. The number of carbonyl (C=O) groups is 1. The summed E-state index contributed by atoms with van der Waals surface area (Å²) in [6.07, 6.45) is 3.25. The number of ether oxygens (including phenoxy) is 3. The van der Waals surface area contributed by atoms with Crippen molar-refractivity contribution >= 4 is 6.29 Å². The Kier molecular flexibility index (Phi) is 4.59. The Morgan fingerprint density at radius 2 is 2.17 bits per heavy atom. The van der Waals surface area contributed by atoms with Gasteiger partial charge in [-0.2, -0.15) is 0 Å². The molecule has 1 aromatic rings. The van der Waals surface area contributed by atoms with E-state index in [9.17, 15) is 4.79 Å². The van der Waals surface area contributed by atoms with Crippen LogP contribution in [0, 0.1) is 5.92 Å². The van der Waals surface area contributed by atoms with E-state index < -0.39 is 0 Å². The summed E-state index contributed by atoms with van der Waals surface area (Å²) in [4.78, 5) is 11.0. The van der Waals surface area contributed by atoms with E-state index in [0.717, 1.165) is 12.9 Å². The first-order valence-corrected chi connectivity index (χ1v) is 6.26. The first kappa shape index (κ1) is 12.9. The molecule has 0 atom stereocenters. The third-order valence-corrected chi connectivity index (χ3v) is 2.77. The molecule has 1 aliphatic carbocycles. The van der Waals surface area contributed by atoms with Crippen molar-refractivity contribution in [3.05, 3.63) is 23.8 Å². The Balaban J connectivity index is 1.95. The zero-order valence-corrected chi connectivity index (χ0v) is 10.6. The number of aldehydes is 1. The highest BCUT2D eigenvalue weighted by Gasteiger charge is 2.21. The molecule has 0 radical (unpaired) electrons. The molecule has 98 valence electrons. The van der Waals surface area contributed by atoms with Crippen molar-refractivity contribution < 1.29 is 19.0 Å². The molecule has 0 aromatic heterocycles. The van der Waals surface area contributed by atoms with Crippen LogP contribution in [0.15, 0.2) is 18.2 Å². The second-order valence-corrected chi connectivity index (χ2v) is 4.30. The van der Waals surface area contributed by atoms with Crippen LogP contribution in [0.5, 0.6) is 11.5 Å². The summed E-state index contributed by atoms with van der Waals surface area (Å²) < 4.78 is 16.3. The van der Waals surface area contributed by atoms with Gasteiger partial charge in [0.05, 0.1) is 18.8 Å². The first-order valence-electron chi connectivity index (χ1n) is 6.26. The Bertz CT molecular complexity index is 399. The lowest BCUT2D eigenvalue weighted by Crippen LogP contribution is -2.08. The third-order valence-electron chi connectivity index (χ3n) is 2.77. The van der Waals surface area contributed by atoms with E-state index in [0.29, 0.717) is 29.6 Å². The van der Waals surface area contributed by atoms with E-state index in [1.54, 1.807) is 18.2 Å². The summed E-state index contributed by atoms with van der Waals surface area (Å²) in [5.41, 5.74) is 0.482. The summed E-state index contributed by atoms with van der Waals surface area (Å²) in [6.45, 7) is 3.30. The van der Waals surface area contributed by atoms with Gasteiger partial charge in [0.25, 0.3) is 0 Å². The summed E-state index contributed by atoms with van der Waals surface area (Å²) in [6, 6.07) is 5.26.